The topological polar surface area (TPSA) is 158 Å². The molecule has 0 bridgehead atoms. The highest BCUT2D eigenvalue weighted by Gasteiger charge is 2.56. The van der Waals surface area contributed by atoms with E-state index in [0.29, 0.717) is 18.4 Å². The van der Waals surface area contributed by atoms with Crippen LogP contribution in [0, 0.1) is 21.4 Å². The number of rotatable bonds is 6. The number of carbonyl (C=O) groups is 3. The van der Waals surface area contributed by atoms with E-state index in [4.69, 9.17) is 9.15 Å². The number of amides is 3. The number of esters is 1. The molecule has 3 amide bonds. The van der Waals surface area contributed by atoms with Crippen LogP contribution in [0.4, 0.5) is 10.5 Å². The molecule has 2 atom stereocenters. The van der Waals surface area contributed by atoms with Gasteiger partial charge in [-0.15, -0.1) is 10.2 Å². The maximum absolute atomic E-state index is 13.1. The van der Waals surface area contributed by atoms with Gasteiger partial charge in [-0.05, 0) is 42.7 Å². The van der Waals surface area contributed by atoms with Crippen LogP contribution in [0.25, 0.3) is 11.5 Å². The molecule has 34 heavy (non-hydrogen) atoms. The third-order valence-electron chi connectivity index (χ3n) is 6.06. The van der Waals surface area contributed by atoms with Crippen molar-refractivity contribution in [1.82, 2.24) is 20.4 Å². The Morgan fingerprint density at radius 1 is 1.26 bits per heavy atom. The van der Waals surface area contributed by atoms with E-state index < -0.39 is 34.9 Å². The first-order chi connectivity index (χ1) is 16.0. The minimum absolute atomic E-state index is 0.00164. The lowest BCUT2D eigenvalue weighted by atomic mass is 9.64. The van der Waals surface area contributed by atoms with Crippen LogP contribution in [-0.4, -0.2) is 50.0 Å². The fraction of sp³-hybridized carbons (Fsp3) is 0.500. The van der Waals surface area contributed by atoms with Crippen molar-refractivity contribution in [3.63, 3.8) is 0 Å². The monoisotopic (exact) mass is 471 g/mol. The van der Waals surface area contributed by atoms with Gasteiger partial charge >= 0.3 is 12.0 Å². The number of urea groups is 1. The minimum Gasteiger partial charge on any atom is -0.454 e. The van der Waals surface area contributed by atoms with Gasteiger partial charge in [0, 0.05) is 17.7 Å². The fourth-order valence-electron chi connectivity index (χ4n) is 5.12. The number of hydrogen-bond acceptors (Lipinski definition) is 9. The van der Waals surface area contributed by atoms with Gasteiger partial charge in [0.25, 0.3) is 17.5 Å². The van der Waals surface area contributed by atoms with E-state index in [1.54, 1.807) is 0 Å². The first-order valence-corrected chi connectivity index (χ1v) is 10.8. The molecule has 1 aromatic carbocycles. The van der Waals surface area contributed by atoms with Crippen LogP contribution in [0.5, 0.6) is 0 Å². The Kier molecular flexibility index (Phi) is 5.84. The van der Waals surface area contributed by atoms with E-state index in [2.05, 4.69) is 29.4 Å². The number of benzene rings is 1. The lowest BCUT2D eigenvalue weighted by Crippen LogP contribution is -2.54. The van der Waals surface area contributed by atoms with Gasteiger partial charge in [-0.25, -0.2) is 4.79 Å². The standard InChI is InChI=1S/C22H25N5O7/c1-13-8-21(2,3)12-22(9-13)19(29)26(20(30)23-22)10-17(28)33-11-16-24-25-18(34-16)14-4-6-15(7-5-14)27(31)32/h4-7,13H,8-12H2,1-3H3,(H,23,30). The predicted octanol–water partition coefficient (Wildman–Crippen LogP) is 2.82. The zero-order valence-electron chi connectivity index (χ0n) is 19.1. The molecular weight excluding hydrogens is 446 g/mol. The zero-order valence-corrected chi connectivity index (χ0v) is 19.1. The highest BCUT2D eigenvalue weighted by molar-refractivity contribution is 6.08. The van der Waals surface area contributed by atoms with Crippen LogP contribution >= 0.6 is 0 Å². The molecule has 2 unspecified atom stereocenters. The van der Waals surface area contributed by atoms with Gasteiger partial charge in [0.1, 0.15) is 12.1 Å². The van der Waals surface area contributed by atoms with E-state index in [-0.39, 0.29) is 35.4 Å². The van der Waals surface area contributed by atoms with Gasteiger partial charge in [-0.2, -0.15) is 0 Å². The summed E-state index contributed by atoms with van der Waals surface area (Å²) in [6.45, 7) is 5.31. The van der Waals surface area contributed by atoms with Crippen molar-refractivity contribution in [2.75, 3.05) is 6.54 Å². The van der Waals surface area contributed by atoms with Gasteiger partial charge in [-0.1, -0.05) is 20.8 Å². The van der Waals surface area contributed by atoms with Gasteiger partial charge in [-0.3, -0.25) is 24.6 Å². The molecule has 1 saturated carbocycles. The van der Waals surface area contributed by atoms with E-state index in [9.17, 15) is 24.5 Å². The fourth-order valence-corrected chi connectivity index (χ4v) is 5.12. The highest BCUT2D eigenvalue weighted by atomic mass is 16.6. The maximum atomic E-state index is 13.1. The van der Waals surface area contributed by atoms with Crippen LogP contribution in [0.15, 0.2) is 28.7 Å². The molecule has 2 aromatic rings. The van der Waals surface area contributed by atoms with E-state index in [1.165, 1.54) is 24.3 Å². The molecular formula is C22H25N5O7. The molecule has 12 nitrogen and oxygen atoms in total. The molecule has 1 N–H and O–H groups in total. The summed E-state index contributed by atoms with van der Waals surface area (Å²) < 4.78 is 10.6. The summed E-state index contributed by atoms with van der Waals surface area (Å²) in [5.41, 5.74) is -0.725. The number of ether oxygens (including phenoxy) is 1. The Morgan fingerprint density at radius 2 is 1.97 bits per heavy atom. The summed E-state index contributed by atoms with van der Waals surface area (Å²) >= 11 is 0. The number of carbonyl (C=O) groups excluding carboxylic acids is 3. The molecule has 2 fully saturated rings. The van der Waals surface area contributed by atoms with Crippen molar-refractivity contribution in [3.05, 3.63) is 40.3 Å². The average Bonchev–Trinajstić information content (AvgIpc) is 3.30. The van der Waals surface area contributed by atoms with Crippen LogP contribution in [0.1, 0.15) is 45.9 Å². The Labute approximate surface area is 194 Å². The lowest BCUT2D eigenvalue weighted by molar-refractivity contribution is -0.384. The van der Waals surface area contributed by atoms with Crippen LogP contribution < -0.4 is 5.32 Å². The normalized spacial score (nSPS) is 23.7. The van der Waals surface area contributed by atoms with Gasteiger partial charge in [0.05, 0.1) is 4.92 Å². The number of nitrogens with one attached hydrogen (secondary N) is 1. The van der Waals surface area contributed by atoms with Crippen molar-refractivity contribution >= 4 is 23.6 Å². The molecule has 4 rings (SSSR count). The Hall–Kier alpha value is -3.83. The number of hydrogen-bond donors (Lipinski definition) is 1. The van der Waals surface area contributed by atoms with Gasteiger partial charge in [0.2, 0.25) is 5.89 Å². The molecule has 1 spiro atoms. The van der Waals surface area contributed by atoms with Gasteiger partial charge < -0.3 is 14.5 Å². The maximum Gasteiger partial charge on any atom is 0.326 e. The van der Waals surface area contributed by atoms with Crippen molar-refractivity contribution in [2.45, 2.75) is 52.2 Å². The molecule has 0 radical (unpaired) electrons. The molecule has 1 saturated heterocycles. The zero-order chi connectivity index (χ0) is 24.7. The molecule has 1 aliphatic heterocycles. The van der Waals surface area contributed by atoms with Crippen molar-refractivity contribution in [1.29, 1.82) is 0 Å². The van der Waals surface area contributed by atoms with Crippen molar-refractivity contribution in [3.8, 4) is 11.5 Å². The summed E-state index contributed by atoms with van der Waals surface area (Å²) in [6.07, 6.45) is 1.99. The van der Waals surface area contributed by atoms with E-state index in [1.807, 2.05) is 6.92 Å². The lowest BCUT2D eigenvalue weighted by Gasteiger charge is -2.43. The summed E-state index contributed by atoms with van der Waals surface area (Å²) in [5, 5.41) is 21.2. The summed E-state index contributed by atoms with van der Waals surface area (Å²) in [6, 6.07) is 4.92. The van der Waals surface area contributed by atoms with Crippen molar-refractivity contribution in [2.24, 2.45) is 11.3 Å². The largest absolute Gasteiger partial charge is 0.454 e. The molecule has 180 valence electrons. The number of nitrogens with zero attached hydrogens (tertiary/aromatic N) is 4. The number of nitro benzene ring substituents is 1. The van der Waals surface area contributed by atoms with E-state index >= 15 is 0 Å². The second kappa shape index (κ2) is 8.50. The highest BCUT2D eigenvalue weighted by Crippen LogP contribution is 2.46. The average molecular weight is 471 g/mol. The van der Waals surface area contributed by atoms with E-state index in [0.717, 1.165) is 11.3 Å². The van der Waals surface area contributed by atoms with Crippen LogP contribution in [-0.2, 0) is 20.9 Å². The van der Waals surface area contributed by atoms with Gasteiger partial charge in [0.15, 0.2) is 6.61 Å². The third-order valence-corrected chi connectivity index (χ3v) is 6.06. The van der Waals surface area contributed by atoms with Crippen LogP contribution in [0.2, 0.25) is 0 Å². The SMILES string of the molecule is CC1CC(C)(C)CC2(C1)NC(=O)N(CC(=O)OCc1nnc(-c3ccc([N+](=O)[O-])cc3)o1)C2=O. The molecule has 1 aliphatic carbocycles. The predicted molar refractivity (Wildman–Crippen MR) is 116 cm³/mol. The summed E-state index contributed by atoms with van der Waals surface area (Å²) in [7, 11) is 0. The quantitative estimate of drug-likeness (QED) is 0.289. The molecule has 1 aromatic heterocycles. The van der Waals surface area contributed by atoms with Crippen LogP contribution in [0.3, 0.4) is 0 Å². The number of non-ortho nitro benzene ring substituents is 1. The molecule has 2 heterocycles. The molecule has 12 heteroatoms. The number of aromatic nitrogens is 2. The Morgan fingerprint density at radius 3 is 2.62 bits per heavy atom. The second-order valence-corrected chi connectivity index (χ2v) is 9.72. The Bertz CT molecular complexity index is 1140. The minimum atomic E-state index is -0.995. The second-order valence-electron chi connectivity index (χ2n) is 9.72. The Balaban J connectivity index is 1.35. The number of imide groups is 1. The smallest absolute Gasteiger partial charge is 0.326 e. The third kappa shape index (κ3) is 4.61. The first kappa shape index (κ1) is 23.3. The summed E-state index contributed by atoms with van der Waals surface area (Å²) in [5.74, 6) is -0.849. The summed E-state index contributed by atoms with van der Waals surface area (Å²) in [4.78, 5) is 49.1. The molecule has 2 aliphatic rings. The van der Waals surface area contributed by atoms with Crippen molar-refractivity contribution < 1.29 is 28.5 Å². The number of nitro groups is 1. The first-order valence-electron chi connectivity index (χ1n) is 10.8.